The standard InChI is InChI=1S/C11H18F3NO2/c1-7(8(16)17-9(2,3)4)15-10(5-6-10)11(12,13)14/h7,15H,5-6H2,1-4H3. The van der Waals surface area contributed by atoms with Gasteiger partial charge in [0.25, 0.3) is 0 Å². The third-order valence-electron chi connectivity index (χ3n) is 2.55. The maximum absolute atomic E-state index is 12.6. The van der Waals surface area contributed by atoms with Crippen molar-refractivity contribution in [2.45, 2.75) is 63.9 Å². The maximum atomic E-state index is 12.6. The lowest BCUT2D eigenvalue weighted by Gasteiger charge is -2.27. The van der Waals surface area contributed by atoms with Crippen LogP contribution in [0.15, 0.2) is 0 Å². The van der Waals surface area contributed by atoms with Crippen molar-refractivity contribution in [2.24, 2.45) is 0 Å². The first kappa shape index (κ1) is 14.3. The van der Waals surface area contributed by atoms with Gasteiger partial charge in [-0.2, -0.15) is 13.2 Å². The fraction of sp³-hybridized carbons (Fsp3) is 0.909. The molecule has 0 aromatic heterocycles. The normalized spacial score (nSPS) is 20.9. The molecule has 0 spiro atoms. The molecule has 1 aliphatic carbocycles. The molecule has 0 radical (unpaired) electrons. The zero-order valence-corrected chi connectivity index (χ0v) is 10.4. The van der Waals surface area contributed by atoms with Gasteiger partial charge >= 0.3 is 12.1 Å². The fourth-order valence-electron chi connectivity index (χ4n) is 1.50. The number of rotatable bonds is 3. The second-order valence-corrected chi connectivity index (χ2v) is 5.48. The number of carbonyl (C=O) groups excluding carboxylic acids is 1. The van der Waals surface area contributed by atoms with Gasteiger partial charge in [-0.3, -0.25) is 10.1 Å². The highest BCUT2D eigenvalue weighted by Crippen LogP contribution is 2.49. The minimum absolute atomic E-state index is 0.0175. The zero-order valence-electron chi connectivity index (χ0n) is 10.4. The lowest BCUT2D eigenvalue weighted by atomic mass is 10.1. The quantitative estimate of drug-likeness (QED) is 0.785. The second-order valence-electron chi connectivity index (χ2n) is 5.48. The average Bonchev–Trinajstić information content (AvgIpc) is 2.80. The molecule has 0 bridgehead atoms. The molecule has 1 unspecified atom stereocenters. The van der Waals surface area contributed by atoms with Gasteiger partial charge in [-0.1, -0.05) is 0 Å². The van der Waals surface area contributed by atoms with Crippen molar-refractivity contribution in [1.82, 2.24) is 5.32 Å². The molecule has 0 aliphatic heterocycles. The fourth-order valence-corrected chi connectivity index (χ4v) is 1.50. The van der Waals surface area contributed by atoms with Crippen molar-refractivity contribution in [2.75, 3.05) is 0 Å². The molecular formula is C11H18F3NO2. The van der Waals surface area contributed by atoms with Crippen molar-refractivity contribution >= 4 is 5.97 Å². The van der Waals surface area contributed by atoms with Crippen LogP contribution in [0.5, 0.6) is 0 Å². The number of esters is 1. The third-order valence-corrected chi connectivity index (χ3v) is 2.55. The number of nitrogens with one attached hydrogen (secondary N) is 1. The highest BCUT2D eigenvalue weighted by Gasteiger charge is 2.64. The maximum Gasteiger partial charge on any atom is 0.406 e. The van der Waals surface area contributed by atoms with Gasteiger partial charge in [0.15, 0.2) is 0 Å². The van der Waals surface area contributed by atoms with E-state index in [0.717, 1.165) is 0 Å². The molecule has 6 heteroatoms. The Morgan fingerprint density at radius 1 is 1.29 bits per heavy atom. The van der Waals surface area contributed by atoms with E-state index in [2.05, 4.69) is 5.32 Å². The Balaban J connectivity index is 2.56. The minimum atomic E-state index is -4.32. The molecule has 1 fully saturated rings. The lowest BCUT2D eigenvalue weighted by Crippen LogP contribution is -2.52. The van der Waals surface area contributed by atoms with Gasteiger partial charge in [0.2, 0.25) is 0 Å². The van der Waals surface area contributed by atoms with E-state index >= 15 is 0 Å². The molecule has 0 aromatic rings. The van der Waals surface area contributed by atoms with E-state index in [9.17, 15) is 18.0 Å². The first-order valence-corrected chi connectivity index (χ1v) is 5.54. The number of carbonyl (C=O) groups is 1. The van der Waals surface area contributed by atoms with Crippen LogP contribution >= 0.6 is 0 Å². The monoisotopic (exact) mass is 253 g/mol. The Labute approximate surface area is 98.7 Å². The summed E-state index contributed by atoms with van der Waals surface area (Å²) in [4.78, 5) is 11.5. The highest BCUT2D eigenvalue weighted by atomic mass is 19.4. The summed E-state index contributed by atoms with van der Waals surface area (Å²) in [5.74, 6) is -0.659. The van der Waals surface area contributed by atoms with Gasteiger partial charge < -0.3 is 4.74 Å². The summed E-state index contributed by atoms with van der Waals surface area (Å²) in [6.45, 7) is 6.41. The van der Waals surface area contributed by atoms with Crippen molar-refractivity contribution in [1.29, 1.82) is 0 Å². The van der Waals surface area contributed by atoms with Crippen LogP contribution in [-0.2, 0) is 9.53 Å². The van der Waals surface area contributed by atoms with E-state index < -0.39 is 29.3 Å². The Bertz CT molecular complexity index is 303. The van der Waals surface area contributed by atoms with Gasteiger partial charge in [0.05, 0.1) is 0 Å². The molecule has 100 valence electrons. The van der Waals surface area contributed by atoms with Crippen LogP contribution in [0.2, 0.25) is 0 Å². The topological polar surface area (TPSA) is 38.3 Å². The van der Waals surface area contributed by atoms with Crippen LogP contribution in [0, 0.1) is 0 Å². The Morgan fingerprint density at radius 2 is 1.76 bits per heavy atom. The smallest absolute Gasteiger partial charge is 0.406 e. The molecular weight excluding hydrogens is 235 g/mol. The largest absolute Gasteiger partial charge is 0.459 e. The molecule has 17 heavy (non-hydrogen) atoms. The molecule has 1 saturated carbocycles. The minimum Gasteiger partial charge on any atom is -0.459 e. The summed E-state index contributed by atoms with van der Waals surface area (Å²) in [6, 6.07) is -0.960. The predicted octanol–water partition coefficient (Wildman–Crippen LogP) is 2.40. The molecule has 3 nitrogen and oxygen atoms in total. The summed E-state index contributed by atoms with van der Waals surface area (Å²) in [5.41, 5.74) is -2.58. The molecule has 1 atom stereocenters. The van der Waals surface area contributed by atoms with Gasteiger partial charge in [0, 0.05) is 0 Å². The van der Waals surface area contributed by atoms with Crippen LogP contribution in [0.25, 0.3) is 0 Å². The Morgan fingerprint density at radius 3 is 2.06 bits per heavy atom. The van der Waals surface area contributed by atoms with E-state index in [4.69, 9.17) is 4.74 Å². The summed E-state index contributed by atoms with van der Waals surface area (Å²) in [5, 5.41) is 2.33. The number of ether oxygens (including phenoxy) is 1. The van der Waals surface area contributed by atoms with E-state index in [1.807, 2.05) is 0 Å². The molecule has 0 amide bonds. The van der Waals surface area contributed by atoms with E-state index in [-0.39, 0.29) is 12.8 Å². The second kappa shape index (κ2) is 4.15. The Kier molecular flexibility index (Phi) is 3.49. The highest BCUT2D eigenvalue weighted by molar-refractivity contribution is 5.75. The Hall–Kier alpha value is -0.780. The van der Waals surface area contributed by atoms with Gasteiger partial charge in [-0.25, -0.2) is 0 Å². The molecule has 0 aromatic carbocycles. The third kappa shape index (κ3) is 3.59. The first-order chi connectivity index (χ1) is 7.47. The molecule has 0 heterocycles. The summed E-state index contributed by atoms with van der Waals surface area (Å²) in [6.07, 6.45) is -4.28. The van der Waals surface area contributed by atoms with Gasteiger partial charge in [-0.05, 0) is 40.5 Å². The van der Waals surface area contributed by atoms with E-state index in [1.165, 1.54) is 6.92 Å². The molecule has 1 rings (SSSR count). The van der Waals surface area contributed by atoms with Crippen molar-refractivity contribution in [3.63, 3.8) is 0 Å². The molecule has 0 saturated heterocycles. The van der Waals surface area contributed by atoms with Gasteiger partial charge in [0.1, 0.15) is 17.2 Å². The van der Waals surface area contributed by atoms with Crippen molar-refractivity contribution < 1.29 is 22.7 Å². The average molecular weight is 253 g/mol. The number of halogens is 3. The van der Waals surface area contributed by atoms with Crippen LogP contribution in [0.4, 0.5) is 13.2 Å². The van der Waals surface area contributed by atoms with E-state index in [1.54, 1.807) is 20.8 Å². The summed E-state index contributed by atoms with van der Waals surface area (Å²) >= 11 is 0. The number of hydrogen-bond donors (Lipinski definition) is 1. The zero-order chi connectivity index (χ0) is 13.5. The van der Waals surface area contributed by atoms with Crippen LogP contribution in [-0.4, -0.2) is 29.3 Å². The number of hydrogen-bond acceptors (Lipinski definition) is 3. The van der Waals surface area contributed by atoms with E-state index in [0.29, 0.717) is 0 Å². The molecule has 1 N–H and O–H groups in total. The summed E-state index contributed by atoms with van der Waals surface area (Å²) in [7, 11) is 0. The number of alkyl halides is 3. The van der Waals surface area contributed by atoms with Gasteiger partial charge in [-0.15, -0.1) is 0 Å². The van der Waals surface area contributed by atoms with Crippen molar-refractivity contribution in [3.05, 3.63) is 0 Å². The lowest BCUT2D eigenvalue weighted by molar-refractivity contribution is -0.173. The SMILES string of the molecule is CC(NC1(C(F)(F)F)CC1)C(=O)OC(C)(C)C. The van der Waals surface area contributed by atoms with Crippen LogP contribution in [0.1, 0.15) is 40.5 Å². The summed E-state index contributed by atoms with van der Waals surface area (Å²) < 4.78 is 42.9. The first-order valence-electron chi connectivity index (χ1n) is 5.54. The van der Waals surface area contributed by atoms with Crippen LogP contribution < -0.4 is 5.32 Å². The predicted molar refractivity (Wildman–Crippen MR) is 56.5 cm³/mol. The van der Waals surface area contributed by atoms with Crippen molar-refractivity contribution in [3.8, 4) is 0 Å². The molecule has 1 aliphatic rings. The van der Waals surface area contributed by atoms with Crippen LogP contribution in [0.3, 0.4) is 0 Å².